The molecule has 0 aliphatic carbocycles. The van der Waals surface area contributed by atoms with Gasteiger partial charge in [0.25, 0.3) is 5.91 Å². The Morgan fingerprint density at radius 2 is 1.52 bits per heavy atom. The van der Waals surface area contributed by atoms with Gasteiger partial charge >= 0.3 is 0 Å². The van der Waals surface area contributed by atoms with E-state index in [-0.39, 0.29) is 11.8 Å². The van der Waals surface area contributed by atoms with Gasteiger partial charge in [-0.15, -0.1) is 0 Å². The molecule has 0 saturated carbocycles. The number of benzene rings is 1. The van der Waals surface area contributed by atoms with Gasteiger partial charge in [-0.2, -0.15) is 0 Å². The van der Waals surface area contributed by atoms with Crippen molar-refractivity contribution in [3.63, 3.8) is 0 Å². The molecule has 0 atom stereocenters. The van der Waals surface area contributed by atoms with E-state index in [1.54, 1.807) is 78.8 Å². The van der Waals surface area contributed by atoms with Gasteiger partial charge in [-0.25, -0.2) is 29.9 Å². The number of nitrogens with zero attached hydrogens (tertiary/aromatic N) is 9. The summed E-state index contributed by atoms with van der Waals surface area (Å²) in [4.78, 5) is 52.9. The number of aromatic nitrogens is 12. The third-order valence-electron chi connectivity index (χ3n) is 5.46. The topological polar surface area (TPSA) is 278 Å². The minimum Gasteiger partial charge on any atom is -0.384 e. The van der Waals surface area contributed by atoms with Crippen LogP contribution >= 0.6 is 0 Å². The molecule has 18 nitrogen and oxygen atoms in total. The molecule has 0 aliphatic heterocycles. The van der Waals surface area contributed by atoms with Crippen molar-refractivity contribution in [2.75, 3.05) is 23.7 Å². The Balaban J connectivity index is 0.000000205. The number of carbonyl (C=O) groups is 2. The van der Waals surface area contributed by atoms with Gasteiger partial charge in [0.15, 0.2) is 0 Å². The molecule has 6 aromatic heterocycles. The summed E-state index contributed by atoms with van der Waals surface area (Å²) in [6.07, 6.45) is 23.3. The van der Waals surface area contributed by atoms with Gasteiger partial charge in [-0.05, 0) is 18.7 Å². The van der Waals surface area contributed by atoms with Crippen LogP contribution in [0.25, 0.3) is 0 Å². The summed E-state index contributed by atoms with van der Waals surface area (Å²) in [7, 11) is 1.85. The first-order valence-electron chi connectivity index (χ1n) is 14.2. The quantitative estimate of drug-likeness (QED) is 0.144. The Morgan fingerprint density at radius 3 is 1.85 bits per heavy atom. The van der Waals surface area contributed by atoms with E-state index in [4.69, 9.17) is 22.9 Å². The summed E-state index contributed by atoms with van der Waals surface area (Å²) in [5, 5.41) is 0. The number of nitrogens with one attached hydrogen (secondary N) is 3. The molecule has 0 bridgehead atoms. The summed E-state index contributed by atoms with van der Waals surface area (Å²) in [5.74, 6) is 2.73. The zero-order valence-electron chi connectivity index (χ0n) is 26.5. The molecule has 6 heterocycles. The fourth-order valence-electron chi connectivity index (χ4n) is 3.03. The summed E-state index contributed by atoms with van der Waals surface area (Å²) >= 11 is 0. The minimum atomic E-state index is -0.0573. The zero-order chi connectivity index (χ0) is 35.0. The molecule has 0 unspecified atom stereocenters. The number of rotatable bonds is 3. The number of carbonyl (C=O) groups excluding carboxylic acids is 2. The molecule has 7 rings (SSSR count). The number of aryl methyl sites for hydroxylation is 1. The molecule has 252 valence electrons. The molecule has 0 radical (unpaired) electrons. The van der Waals surface area contributed by atoms with Gasteiger partial charge in [-0.3, -0.25) is 18.7 Å². The average Bonchev–Trinajstić information content (AvgIpc) is 3.94. The fraction of sp³-hybridized carbons (Fsp3) is 0.133. The van der Waals surface area contributed by atoms with Crippen LogP contribution in [0, 0.1) is 0 Å². The Morgan fingerprint density at radius 1 is 0.812 bits per heavy atom. The third kappa shape index (κ3) is 15.3. The molecule has 48 heavy (non-hydrogen) atoms. The maximum atomic E-state index is 11.6. The van der Waals surface area contributed by atoms with E-state index < -0.39 is 0 Å². The highest BCUT2D eigenvalue weighted by Crippen LogP contribution is 2.01. The van der Waals surface area contributed by atoms with Crippen molar-refractivity contribution >= 4 is 29.3 Å². The van der Waals surface area contributed by atoms with Crippen molar-refractivity contribution in [3.8, 4) is 0 Å². The van der Waals surface area contributed by atoms with Crippen LogP contribution in [0.4, 0.5) is 17.5 Å². The van der Waals surface area contributed by atoms with Crippen molar-refractivity contribution in [2.24, 2.45) is 12.8 Å². The molecule has 1 aromatic carbocycles. The number of H-pyrrole nitrogens is 3. The van der Waals surface area contributed by atoms with Crippen molar-refractivity contribution < 1.29 is 9.59 Å². The van der Waals surface area contributed by atoms with E-state index in [1.807, 2.05) is 25.2 Å². The second-order valence-corrected chi connectivity index (χ2v) is 9.14. The number of imidazole rings is 6. The first kappa shape index (κ1) is 37.4. The molecule has 11 N–H and O–H groups in total. The Hall–Kier alpha value is -6.82. The van der Waals surface area contributed by atoms with Crippen LogP contribution in [0.1, 0.15) is 27.9 Å². The van der Waals surface area contributed by atoms with E-state index in [1.165, 1.54) is 41.4 Å². The van der Waals surface area contributed by atoms with Crippen LogP contribution < -0.4 is 22.9 Å². The van der Waals surface area contributed by atoms with Gasteiger partial charge < -0.3 is 42.5 Å². The van der Waals surface area contributed by atoms with Gasteiger partial charge in [0.05, 0.1) is 31.4 Å². The maximum Gasteiger partial charge on any atom is 0.263 e. The van der Waals surface area contributed by atoms with Gasteiger partial charge in [0.2, 0.25) is 5.91 Å². The molecule has 7 aromatic rings. The van der Waals surface area contributed by atoms with E-state index in [0.717, 1.165) is 12.2 Å². The van der Waals surface area contributed by atoms with Gasteiger partial charge in [-0.1, -0.05) is 18.2 Å². The minimum absolute atomic E-state index is 0.0116. The van der Waals surface area contributed by atoms with Crippen LogP contribution in [0.2, 0.25) is 0 Å². The predicted molar refractivity (Wildman–Crippen MR) is 182 cm³/mol. The maximum absolute atomic E-state index is 11.6. The summed E-state index contributed by atoms with van der Waals surface area (Å²) in [6, 6.07) is 9.11. The average molecular weight is 657 g/mol. The standard InChI is InChI=1S/C10H8N2O.C5H9N3.C5H6N2O.C4H7N3.2C3H5N3/c13-10(12-7-6-11-8-12)9-4-2-1-3-5-9;6-2-1-5-7-3-4-8-5;1-5(8)7-3-2-6-4-7;1-7-3-6-2-4(7)5;2*4-3-1-5-2-6-3/h1-8H;3-4H,1-2,6H2,(H,7,8);2-4H,1H3;2-3H,5H2,1H3;2*1-2H,4H2,(H,5,6). The molecule has 0 saturated heterocycles. The lowest BCUT2D eigenvalue weighted by Crippen LogP contribution is -2.08. The Kier molecular flexibility index (Phi) is 17.0. The molecule has 0 spiro atoms. The second kappa shape index (κ2) is 21.8. The summed E-state index contributed by atoms with van der Waals surface area (Å²) < 4.78 is 4.62. The number of aromatic amines is 3. The number of anilines is 3. The second-order valence-electron chi connectivity index (χ2n) is 9.14. The Labute approximate surface area is 276 Å². The summed E-state index contributed by atoms with van der Waals surface area (Å²) in [6.45, 7) is 2.15. The monoisotopic (exact) mass is 656 g/mol. The molecular weight excluding hydrogens is 616 g/mol. The number of nitrogen functional groups attached to an aromatic ring is 3. The first-order chi connectivity index (χ1) is 23.2. The third-order valence-corrected chi connectivity index (χ3v) is 5.46. The fourth-order valence-corrected chi connectivity index (χ4v) is 3.03. The highest BCUT2D eigenvalue weighted by molar-refractivity contribution is 5.95. The molecule has 0 aliphatic rings. The highest BCUT2D eigenvalue weighted by Gasteiger charge is 2.05. The zero-order valence-corrected chi connectivity index (χ0v) is 26.5. The van der Waals surface area contributed by atoms with E-state index in [2.05, 4.69) is 44.9 Å². The van der Waals surface area contributed by atoms with Crippen molar-refractivity contribution in [3.05, 3.63) is 129 Å². The molecule has 18 heteroatoms. The van der Waals surface area contributed by atoms with Crippen LogP contribution in [0.15, 0.2) is 118 Å². The lowest BCUT2D eigenvalue weighted by atomic mass is 10.2. The van der Waals surface area contributed by atoms with Crippen molar-refractivity contribution in [1.82, 2.24) is 58.6 Å². The number of hydrogen-bond donors (Lipinski definition) is 7. The smallest absolute Gasteiger partial charge is 0.263 e. The first-order valence-corrected chi connectivity index (χ1v) is 14.2. The van der Waals surface area contributed by atoms with Crippen LogP contribution in [0.3, 0.4) is 0 Å². The van der Waals surface area contributed by atoms with Crippen LogP contribution in [-0.2, 0) is 13.5 Å². The van der Waals surface area contributed by atoms with E-state index in [9.17, 15) is 9.59 Å². The number of nitrogens with two attached hydrogens (primary N) is 4. The number of hydrogen-bond acceptors (Lipinski definition) is 12. The van der Waals surface area contributed by atoms with Gasteiger partial charge in [0, 0.05) is 69.3 Å². The normalized spacial score (nSPS) is 9.31. The van der Waals surface area contributed by atoms with E-state index in [0.29, 0.717) is 29.6 Å². The van der Waals surface area contributed by atoms with Crippen LogP contribution in [-0.4, -0.2) is 76.9 Å². The SMILES string of the molecule is CC(=O)n1ccnc1.Cn1cncc1N.NCCc1ncc[nH]1.Nc1c[nH]cn1.Nc1cnc[nH]1.O=C(c1ccccc1)n1ccnc1. The van der Waals surface area contributed by atoms with Crippen molar-refractivity contribution in [1.29, 1.82) is 0 Å². The Bertz CT molecular complexity index is 1690. The van der Waals surface area contributed by atoms with Crippen molar-refractivity contribution in [2.45, 2.75) is 13.3 Å². The highest BCUT2D eigenvalue weighted by atomic mass is 16.2. The lowest BCUT2D eigenvalue weighted by Gasteiger charge is -1.99. The molecule has 0 fully saturated rings. The lowest BCUT2D eigenvalue weighted by molar-refractivity contribution is 0.0933. The molecular formula is C30H40N16O2. The molecule has 0 amide bonds. The predicted octanol–water partition coefficient (Wildman–Crippen LogP) is 2.01. The van der Waals surface area contributed by atoms with Gasteiger partial charge in [0.1, 0.15) is 35.9 Å². The van der Waals surface area contributed by atoms with Crippen LogP contribution in [0.5, 0.6) is 0 Å². The largest absolute Gasteiger partial charge is 0.384 e. The van der Waals surface area contributed by atoms with E-state index >= 15 is 0 Å². The summed E-state index contributed by atoms with van der Waals surface area (Å²) in [5.41, 5.74) is 21.6.